The van der Waals surface area contributed by atoms with Gasteiger partial charge in [0, 0.05) is 5.56 Å². The zero-order chi connectivity index (χ0) is 9.26. The van der Waals surface area contributed by atoms with Crippen LogP contribution >= 0.6 is 0 Å². The molecule has 0 amide bonds. The minimum atomic E-state index is -0.233. The van der Waals surface area contributed by atoms with Crippen molar-refractivity contribution in [3.05, 3.63) is 23.7 Å². The van der Waals surface area contributed by atoms with Crippen LogP contribution in [-0.2, 0) is 6.61 Å². The molecule has 2 heterocycles. The molecule has 0 spiro atoms. The highest BCUT2D eigenvalue weighted by Crippen LogP contribution is 2.21. The van der Waals surface area contributed by atoms with Crippen LogP contribution in [0.25, 0.3) is 11.7 Å². The number of furan rings is 1. The van der Waals surface area contributed by atoms with Crippen molar-refractivity contribution in [3.8, 4) is 11.7 Å². The van der Waals surface area contributed by atoms with Crippen LogP contribution < -0.4 is 0 Å². The Bertz CT molecular complexity index is 405. The molecular weight excluding hydrogens is 172 g/mol. The van der Waals surface area contributed by atoms with E-state index in [0.29, 0.717) is 11.7 Å². The predicted molar refractivity (Wildman–Crippen MR) is 42.7 cm³/mol. The second-order valence-electron chi connectivity index (χ2n) is 2.61. The summed E-state index contributed by atoms with van der Waals surface area (Å²) in [5.74, 6) is 1.10. The van der Waals surface area contributed by atoms with Crippen molar-refractivity contribution in [1.82, 2.24) is 10.1 Å². The summed E-state index contributed by atoms with van der Waals surface area (Å²) < 4.78 is 10.00. The third kappa shape index (κ3) is 1.33. The van der Waals surface area contributed by atoms with Crippen molar-refractivity contribution in [3.63, 3.8) is 0 Å². The molecule has 0 unspecified atom stereocenters. The Morgan fingerprint density at radius 2 is 2.38 bits per heavy atom. The van der Waals surface area contributed by atoms with E-state index in [1.807, 2.05) is 6.92 Å². The van der Waals surface area contributed by atoms with Crippen molar-refractivity contribution >= 4 is 0 Å². The van der Waals surface area contributed by atoms with E-state index in [4.69, 9.17) is 14.0 Å². The normalized spacial score (nSPS) is 10.6. The summed E-state index contributed by atoms with van der Waals surface area (Å²) in [5, 5.41) is 12.2. The van der Waals surface area contributed by atoms with E-state index >= 15 is 0 Å². The second kappa shape index (κ2) is 3.02. The molecule has 0 bridgehead atoms. The molecule has 5 heteroatoms. The van der Waals surface area contributed by atoms with Crippen molar-refractivity contribution in [2.45, 2.75) is 13.5 Å². The van der Waals surface area contributed by atoms with Gasteiger partial charge >= 0.3 is 0 Å². The summed E-state index contributed by atoms with van der Waals surface area (Å²) in [6.07, 6.45) is 1.55. The number of aliphatic hydroxyl groups is 1. The zero-order valence-corrected chi connectivity index (χ0v) is 7.02. The molecule has 0 radical (unpaired) electrons. The maximum Gasteiger partial charge on any atom is 0.293 e. The first-order chi connectivity index (χ1) is 6.31. The third-order valence-corrected chi connectivity index (χ3v) is 1.67. The van der Waals surface area contributed by atoms with Crippen LogP contribution in [0.4, 0.5) is 0 Å². The van der Waals surface area contributed by atoms with E-state index in [-0.39, 0.29) is 12.4 Å². The summed E-state index contributed by atoms with van der Waals surface area (Å²) in [5.41, 5.74) is 0.924. The highest BCUT2D eigenvalue weighted by atomic mass is 16.5. The van der Waals surface area contributed by atoms with Gasteiger partial charge in [0.2, 0.25) is 0 Å². The molecule has 68 valence electrons. The predicted octanol–water partition coefficient (Wildman–Crippen LogP) is 1.13. The molecule has 0 fully saturated rings. The Hall–Kier alpha value is -1.62. The topological polar surface area (TPSA) is 72.3 Å². The lowest BCUT2D eigenvalue weighted by Gasteiger charge is -1.87. The van der Waals surface area contributed by atoms with Crippen molar-refractivity contribution in [2.75, 3.05) is 0 Å². The number of aryl methyl sites for hydroxylation is 1. The van der Waals surface area contributed by atoms with Gasteiger partial charge in [0.25, 0.3) is 5.89 Å². The van der Waals surface area contributed by atoms with Gasteiger partial charge < -0.3 is 14.0 Å². The first-order valence-electron chi connectivity index (χ1n) is 3.79. The first-order valence-corrected chi connectivity index (χ1v) is 3.79. The molecule has 0 aliphatic carbocycles. The molecule has 0 saturated heterocycles. The fourth-order valence-electron chi connectivity index (χ4n) is 1.00. The number of rotatable bonds is 2. The highest BCUT2D eigenvalue weighted by Gasteiger charge is 2.13. The maximum atomic E-state index is 8.70. The van der Waals surface area contributed by atoms with Crippen LogP contribution in [0.3, 0.4) is 0 Å². The molecule has 0 atom stereocenters. The van der Waals surface area contributed by atoms with Gasteiger partial charge in [-0.25, -0.2) is 0 Å². The minimum Gasteiger partial charge on any atom is -0.459 e. The zero-order valence-electron chi connectivity index (χ0n) is 7.02. The molecule has 2 rings (SSSR count). The van der Waals surface area contributed by atoms with E-state index in [9.17, 15) is 0 Å². The van der Waals surface area contributed by atoms with Crippen LogP contribution in [0.2, 0.25) is 0 Å². The van der Waals surface area contributed by atoms with Gasteiger partial charge in [-0.1, -0.05) is 5.16 Å². The molecule has 2 aromatic heterocycles. The molecule has 0 aliphatic heterocycles. The monoisotopic (exact) mass is 180 g/mol. The highest BCUT2D eigenvalue weighted by molar-refractivity contribution is 5.49. The Balaban J connectivity index is 2.41. The van der Waals surface area contributed by atoms with E-state index in [1.54, 1.807) is 12.3 Å². The number of nitrogens with zero attached hydrogens (tertiary/aromatic N) is 2. The Morgan fingerprint density at radius 3 is 2.92 bits per heavy atom. The van der Waals surface area contributed by atoms with Crippen LogP contribution in [0, 0.1) is 6.92 Å². The summed E-state index contributed by atoms with van der Waals surface area (Å²) in [6.45, 7) is 1.64. The molecule has 5 nitrogen and oxygen atoms in total. The van der Waals surface area contributed by atoms with E-state index in [2.05, 4.69) is 10.1 Å². The van der Waals surface area contributed by atoms with Gasteiger partial charge in [0.05, 0.1) is 6.26 Å². The smallest absolute Gasteiger partial charge is 0.293 e. The summed E-state index contributed by atoms with van der Waals surface area (Å²) in [4.78, 5) is 3.91. The van der Waals surface area contributed by atoms with Gasteiger partial charge in [-0.2, -0.15) is 4.98 Å². The SMILES string of the molecule is Cc1ccoc1-c1nc(CO)no1. The Kier molecular flexibility index (Phi) is 1.86. The number of hydrogen-bond acceptors (Lipinski definition) is 5. The lowest BCUT2D eigenvalue weighted by atomic mass is 10.3. The van der Waals surface area contributed by atoms with Crippen molar-refractivity contribution < 1.29 is 14.0 Å². The lowest BCUT2D eigenvalue weighted by Crippen LogP contribution is -1.84. The van der Waals surface area contributed by atoms with Crippen LogP contribution in [-0.4, -0.2) is 15.2 Å². The van der Waals surface area contributed by atoms with Crippen LogP contribution in [0.1, 0.15) is 11.4 Å². The first kappa shape index (κ1) is 8.00. The maximum absolute atomic E-state index is 8.70. The fraction of sp³-hybridized carbons (Fsp3) is 0.250. The van der Waals surface area contributed by atoms with Crippen molar-refractivity contribution in [2.24, 2.45) is 0 Å². The quantitative estimate of drug-likeness (QED) is 0.749. The van der Waals surface area contributed by atoms with Gasteiger partial charge in [-0.05, 0) is 13.0 Å². The number of aliphatic hydroxyl groups excluding tert-OH is 1. The van der Waals surface area contributed by atoms with Gasteiger partial charge in [-0.3, -0.25) is 0 Å². The Labute approximate surface area is 74.0 Å². The van der Waals surface area contributed by atoms with Gasteiger partial charge in [0.1, 0.15) is 6.61 Å². The molecule has 0 saturated carbocycles. The van der Waals surface area contributed by atoms with Crippen molar-refractivity contribution in [1.29, 1.82) is 0 Å². The number of hydrogen-bond donors (Lipinski definition) is 1. The second-order valence-corrected chi connectivity index (χ2v) is 2.61. The Morgan fingerprint density at radius 1 is 1.54 bits per heavy atom. The van der Waals surface area contributed by atoms with E-state index in [1.165, 1.54) is 0 Å². The molecule has 2 aromatic rings. The average molecular weight is 180 g/mol. The summed E-state index contributed by atoms with van der Waals surface area (Å²) in [7, 11) is 0. The largest absolute Gasteiger partial charge is 0.459 e. The average Bonchev–Trinajstić information content (AvgIpc) is 2.71. The molecule has 0 aliphatic rings. The third-order valence-electron chi connectivity index (χ3n) is 1.67. The summed E-state index contributed by atoms with van der Waals surface area (Å²) >= 11 is 0. The van der Waals surface area contributed by atoms with Gasteiger partial charge in [-0.15, -0.1) is 0 Å². The fourth-order valence-corrected chi connectivity index (χ4v) is 1.00. The molecule has 1 N–H and O–H groups in total. The van der Waals surface area contributed by atoms with Gasteiger partial charge in [0.15, 0.2) is 11.6 Å². The number of aromatic nitrogens is 2. The van der Waals surface area contributed by atoms with E-state index in [0.717, 1.165) is 5.56 Å². The molecular formula is C8H8N2O3. The van der Waals surface area contributed by atoms with Crippen LogP contribution in [0.5, 0.6) is 0 Å². The van der Waals surface area contributed by atoms with E-state index < -0.39 is 0 Å². The standard InChI is InChI=1S/C8H8N2O3/c1-5-2-3-12-7(5)8-9-6(4-11)10-13-8/h2-3,11H,4H2,1H3. The lowest BCUT2D eigenvalue weighted by molar-refractivity contribution is 0.263. The molecule has 13 heavy (non-hydrogen) atoms. The summed E-state index contributed by atoms with van der Waals surface area (Å²) in [6, 6.07) is 1.80. The van der Waals surface area contributed by atoms with Crippen LogP contribution in [0.15, 0.2) is 21.3 Å². The molecule has 0 aromatic carbocycles. The minimum absolute atomic E-state index is 0.233.